The highest BCUT2D eigenvalue weighted by molar-refractivity contribution is 5.97. The summed E-state index contributed by atoms with van der Waals surface area (Å²) in [5, 5.41) is 8.94. The molecule has 11 heteroatoms. The van der Waals surface area contributed by atoms with E-state index >= 15 is 0 Å². The van der Waals surface area contributed by atoms with Crippen LogP contribution in [0.25, 0.3) is 11.3 Å². The fourth-order valence-corrected chi connectivity index (χ4v) is 3.08. The molecule has 0 saturated carbocycles. The van der Waals surface area contributed by atoms with Gasteiger partial charge in [-0.3, -0.25) is 19.4 Å². The number of hydrogen-bond acceptors (Lipinski definition) is 6. The third-order valence-corrected chi connectivity index (χ3v) is 4.78. The third-order valence-electron chi connectivity index (χ3n) is 4.78. The quantitative estimate of drug-likeness (QED) is 0.337. The SMILES string of the molecule is CN(/N=C/c1ccc(C=O)cc1)c1cc(-c2cc3c([nH]2)CCNC3=O)ccn1.O=CC(F)(F)F. The lowest BCUT2D eigenvalue weighted by Gasteiger charge is -2.12. The summed E-state index contributed by atoms with van der Waals surface area (Å²) in [6, 6.07) is 12.9. The summed E-state index contributed by atoms with van der Waals surface area (Å²) in [5.41, 5.74) is 4.99. The van der Waals surface area contributed by atoms with Crippen LogP contribution in [0, 0.1) is 0 Å². The van der Waals surface area contributed by atoms with Crippen LogP contribution in [0.2, 0.25) is 0 Å². The number of anilines is 1. The van der Waals surface area contributed by atoms with Crippen molar-refractivity contribution in [3.05, 3.63) is 71.0 Å². The summed E-state index contributed by atoms with van der Waals surface area (Å²) in [6.07, 6.45) is -0.667. The van der Waals surface area contributed by atoms with Crippen LogP contribution in [0.4, 0.5) is 19.0 Å². The summed E-state index contributed by atoms with van der Waals surface area (Å²) < 4.78 is 31.2. The van der Waals surface area contributed by atoms with Crippen LogP contribution in [0.1, 0.15) is 32.0 Å². The van der Waals surface area contributed by atoms with E-state index in [0.717, 1.165) is 35.2 Å². The first-order chi connectivity index (χ1) is 16.2. The molecule has 176 valence electrons. The number of aldehydes is 2. The number of aromatic amines is 1. The molecule has 0 bridgehead atoms. The van der Waals surface area contributed by atoms with E-state index < -0.39 is 12.5 Å². The molecule has 4 rings (SSSR count). The van der Waals surface area contributed by atoms with Crippen molar-refractivity contribution < 1.29 is 27.6 Å². The topological polar surface area (TPSA) is 108 Å². The van der Waals surface area contributed by atoms with Crippen LogP contribution < -0.4 is 10.3 Å². The number of amides is 1. The van der Waals surface area contributed by atoms with Crippen LogP contribution in [-0.4, -0.2) is 54.4 Å². The molecule has 0 spiro atoms. The number of nitrogens with one attached hydrogen (secondary N) is 2. The van der Waals surface area contributed by atoms with Gasteiger partial charge in [-0.25, -0.2) is 4.98 Å². The van der Waals surface area contributed by atoms with E-state index in [1.165, 1.54) is 0 Å². The molecule has 0 fully saturated rings. The predicted molar refractivity (Wildman–Crippen MR) is 120 cm³/mol. The van der Waals surface area contributed by atoms with Crippen molar-refractivity contribution in [2.24, 2.45) is 5.10 Å². The van der Waals surface area contributed by atoms with Gasteiger partial charge in [0.15, 0.2) is 0 Å². The lowest BCUT2D eigenvalue weighted by Crippen LogP contribution is -2.31. The van der Waals surface area contributed by atoms with Crippen LogP contribution in [0.3, 0.4) is 0 Å². The molecule has 0 atom stereocenters. The molecule has 0 saturated heterocycles. The van der Waals surface area contributed by atoms with Crippen molar-refractivity contribution in [3.8, 4) is 11.3 Å². The molecule has 2 N–H and O–H groups in total. The second-order valence-corrected chi connectivity index (χ2v) is 7.20. The summed E-state index contributed by atoms with van der Waals surface area (Å²) in [7, 11) is 1.82. The van der Waals surface area contributed by atoms with Gasteiger partial charge in [0.2, 0.25) is 6.29 Å². The number of alkyl halides is 3. The van der Waals surface area contributed by atoms with Gasteiger partial charge in [-0.15, -0.1) is 0 Å². The number of fused-ring (bicyclic) bond motifs is 1. The molecular weight excluding hydrogens is 451 g/mol. The van der Waals surface area contributed by atoms with Crippen molar-refractivity contribution >= 4 is 30.5 Å². The van der Waals surface area contributed by atoms with Crippen LogP contribution in [0.15, 0.2) is 53.8 Å². The number of hydrazone groups is 1. The van der Waals surface area contributed by atoms with Crippen molar-refractivity contribution in [2.75, 3.05) is 18.6 Å². The van der Waals surface area contributed by atoms with E-state index in [0.29, 0.717) is 23.5 Å². The molecule has 1 aliphatic rings. The molecule has 1 aromatic carbocycles. The number of benzene rings is 1. The molecule has 8 nitrogen and oxygen atoms in total. The lowest BCUT2D eigenvalue weighted by atomic mass is 10.1. The first kappa shape index (κ1) is 24.4. The zero-order valence-corrected chi connectivity index (χ0v) is 18.0. The smallest absolute Gasteiger partial charge is 0.358 e. The van der Waals surface area contributed by atoms with Gasteiger partial charge in [0, 0.05) is 48.7 Å². The Hall–Kier alpha value is -4.28. The lowest BCUT2D eigenvalue weighted by molar-refractivity contribution is -0.156. The average Bonchev–Trinajstić information content (AvgIpc) is 3.29. The van der Waals surface area contributed by atoms with E-state index in [1.54, 1.807) is 29.6 Å². The molecule has 1 amide bonds. The number of nitrogens with zero attached hydrogens (tertiary/aromatic N) is 3. The Morgan fingerprint density at radius 2 is 1.76 bits per heavy atom. The number of halogens is 3. The molecule has 0 radical (unpaired) electrons. The number of H-pyrrole nitrogens is 1. The van der Waals surface area contributed by atoms with E-state index in [9.17, 15) is 22.8 Å². The number of pyridine rings is 1. The molecule has 2 aromatic heterocycles. The van der Waals surface area contributed by atoms with E-state index in [4.69, 9.17) is 4.79 Å². The average molecular weight is 471 g/mol. The molecule has 3 aromatic rings. The molecule has 1 aliphatic heterocycles. The van der Waals surface area contributed by atoms with Gasteiger partial charge in [0.05, 0.1) is 11.8 Å². The minimum atomic E-state index is -4.64. The Kier molecular flexibility index (Phi) is 7.57. The molecule has 0 unspecified atom stereocenters. The highest BCUT2D eigenvalue weighted by Gasteiger charge is 2.25. The van der Waals surface area contributed by atoms with E-state index in [1.807, 2.05) is 37.4 Å². The van der Waals surface area contributed by atoms with Crippen molar-refractivity contribution in [2.45, 2.75) is 12.6 Å². The number of carbonyl (C=O) groups excluding carboxylic acids is 3. The monoisotopic (exact) mass is 471 g/mol. The Morgan fingerprint density at radius 1 is 1.09 bits per heavy atom. The minimum Gasteiger partial charge on any atom is -0.358 e. The maximum absolute atomic E-state index is 12.0. The maximum Gasteiger partial charge on any atom is 0.446 e. The van der Waals surface area contributed by atoms with Gasteiger partial charge in [-0.1, -0.05) is 24.3 Å². The first-order valence-electron chi connectivity index (χ1n) is 10.0. The van der Waals surface area contributed by atoms with Gasteiger partial charge >= 0.3 is 6.18 Å². The number of hydrogen-bond donors (Lipinski definition) is 2. The van der Waals surface area contributed by atoms with Crippen molar-refractivity contribution in [3.63, 3.8) is 0 Å². The maximum atomic E-state index is 12.0. The number of aromatic nitrogens is 2. The Bertz CT molecular complexity index is 1200. The van der Waals surface area contributed by atoms with Gasteiger partial charge in [0.25, 0.3) is 5.91 Å². The molecular formula is C23H20F3N5O3. The second-order valence-electron chi connectivity index (χ2n) is 7.20. The van der Waals surface area contributed by atoms with Gasteiger partial charge in [-0.05, 0) is 23.8 Å². The first-order valence-corrected chi connectivity index (χ1v) is 10.0. The van der Waals surface area contributed by atoms with Gasteiger partial charge < -0.3 is 10.3 Å². The van der Waals surface area contributed by atoms with Crippen LogP contribution in [0.5, 0.6) is 0 Å². The summed E-state index contributed by atoms with van der Waals surface area (Å²) >= 11 is 0. The number of carbonyl (C=O) groups is 3. The van der Waals surface area contributed by atoms with Crippen molar-refractivity contribution in [1.82, 2.24) is 15.3 Å². The highest BCUT2D eigenvalue weighted by Crippen LogP contribution is 2.26. The van der Waals surface area contributed by atoms with Crippen LogP contribution in [-0.2, 0) is 11.2 Å². The summed E-state index contributed by atoms with van der Waals surface area (Å²) in [4.78, 5) is 39.1. The van der Waals surface area contributed by atoms with Gasteiger partial charge in [-0.2, -0.15) is 18.3 Å². The molecule has 3 heterocycles. The normalized spacial score (nSPS) is 12.9. The predicted octanol–water partition coefficient (Wildman–Crippen LogP) is 3.39. The van der Waals surface area contributed by atoms with Crippen molar-refractivity contribution in [1.29, 1.82) is 0 Å². The summed E-state index contributed by atoms with van der Waals surface area (Å²) in [5.74, 6) is 0.635. The molecule has 34 heavy (non-hydrogen) atoms. The Balaban J connectivity index is 0.000000481. The van der Waals surface area contributed by atoms with Crippen LogP contribution >= 0.6 is 0 Å². The second kappa shape index (κ2) is 10.6. The Morgan fingerprint density at radius 3 is 2.38 bits per heavy atom. The largest absolute Gasteiger partial charge is 0.446 e. The van der Waals surface area contributed by atoms with E-state index in [-0.39, 0.29) is 5.91 Å². The fourth-order valence-electron chi connectivity index (χ4n) is 3.08. The third kappa shape index (κ3) is 6.37. The molecule has 0 aliphatic carbocycles. The summed E-state index contributed by atoms with van der Waals surface area (Å²) in [6.45, 7) is 0.651. The van der Waals surface area contributed by atoms with E-state index in [2.05, 4.69) is 20.4 Å². The number of rotatable bonds is 5. The Labute approximate surface area is 192 Å². The standard InChI is InChI=1S/C21H19N5O2.C2HF3O/c1-26(24-12-14-2-4-15(13-27)5-3-14)20-10-16(6-8-22-20)19-11-17-18(25-19)7-9-23-21(17)28;3-2(4,5)1-6/h2-6,8,10-13,25H,7,9H2,1H3,(H,23,28);1H/b24-12+;. The fraction of sp³-hybridized carbons (Fsp3) is 0.174. The zero-order chi connectivity index (χ0) is 24.7. The zero-order valence-electron chi connectivity index (χ0n) is 18.0. The highest BCUT2D eigenvalue weighted by atomic mass is 19.4. The van der Waals surface area contributed by atoms with Gasteiger partial charge in [0.1, 0.15) is 12.1 Å². The minimum absolute atomic E-state index is 0.0413.